The Bertz CT molecular complexity index is 982. The largest absolute Gasteiger partial charge is 0.478 e. The van der Waals surface area contributed by atoms with Gasteiger partial charge in [0.05, 0.1) is 16.6 Å². The molecule has 3 rings (SSSR count). The molecular weight excluding hydrogens is 328 g/mol. The monoisotopic (exact) mass is 338 g/mol. The van der Waals surface area contributed by atoms with E-state index in [0.717, 1.165) is 6.92 Å². The van der Waals surface area contributed by atoms with Crippen LogP contribution < -0.4 is 0 Å². The number of halogens is 4. The number of carbonyl (C=O) groups is 1. The Balaban J connectivity index is 2.37. The lowest BCUT2D eigenvalue weighted by molar-refractivity contribution is 0.0698. The SMILES string of the molecule is Cc1cc(C(=O)O)c2nc(-c3c(F)c(F)c(C)c(F)c3F)[nH]c2c1. The second kappa shape index (κ2) is 5.33. The number of aromatic nitrogens is 2. The number of nitrogens with zero attached hydrogens (tertiary/aromatic N) is 1. The van der Waals surface area contributed by atoms with Crippen molar-refractivity contribution in [1.29, 1.82) is 0 Å². The van der Waals surface area contributed by atoms with Crippen molar-refractivity contribution in [2.24, 2.45) is 0 Å². The van der Waals surface area contributed by atoms with Gasteiger partial charge in [-0.25, -0.2) is 27.3 Å². The van der Waals surface area contributed by atoms with Gasteiger partial charge in [0.1, 0.15) is 11.3 Å². The van der Waals surface area contributed by atoms with Gasteiger partial charge in [-0.15, -0.1) is 0 Å². The van der Waals surface area contributed by atoms with Crippen LogP contribution in [0.5, 0.6) is 0 Å². The number of aryl methyl sites for hydroxylation is 1. The molecule has 4 nitrogen and oxygen atoms in total. The number of aromatic amines is 1. The molecule has 1 heterocycles. The van der Waals surface area contributed by atoms with Crippen molar-refractivity contribution in [2.45, 2.75) is 13.8 Å². The molecule has 0 aliphatic heterocycles. The highest BCUT2D eigenvalue weighted by Gasteiger charge is 2.26. The molecule has 2 aromatic carbocycles. The number of hydrogen-bond donors (Lipinski definition) is 2. The van der Waals surface area contributed by atoms with Crippen LogP contribution in [0.25, 0.3) is 22.4 Å². The highest BCUT2D eigenvalue weighted by atomic mass is 19.2. The van der Waals surface area contributed by atoms with Crippen molar-refractivity contribution in [2.75, 3.05) is 0 Å². The van der Waals surface area contributed by atoms with E-state index in [2.05, 4.69) is 9.97 Å². The summed E-state index contributed by atoms with van der Waals surface area (Å²) < 4.78 is 55.7. The summed E-state index contributed by atoms with van der Waals surface area (Å²) in [6.45, 7) is 2.53. The Morgan fingerprint density at radius 3 is 2.17 bits per heavy atom. The quantitative estimate of drug-likeness (QED) is 0.546. The van der Waals surface area contributed by atoms with E-state index in [-0.39, 0.29) is 16.6 Å². The third-order valence-corrected chi connectivity index (χ3v) is 3.68. The van der Waals surface area contributed by atoms with Crippen LogP contribution in [-0.2, 0) is 0 Å². The molecule has 24 heavy (non-hydrogen) atoms. The van der Waals surface area contributed by atoms with Gasteiger partial charge in [0.15, 0.2) is 23.3 Å². The minimum Gasteiger partial charge on any atom is -0.478 e. The van der Waals surface area contributed by atoms with Crippen molar-refractivity contribution < 1.29 is 27.5 Å². The van der Waals surface area contributed by atoms with E-state index in [4.69, 9.17) is 0 Å². The molecule has 2 N–H and O–H groups in total. The Hall–Kier alpha value is -2.90. The van der Waals surface area contributed by atoms with Crippen LogP contribution in [0.3, 0.4) is 0 Å². The first kappa shape index (κ1) is 16.0. The average Bonchev–Trinajstić information content (AvgIpc) is 2.93. The van der Waals surface area contributed by atoms with Gasteiger partial charge in [0, 0.05) is 5.56 Å². The van der Waals surface area contributed by atoms with Gasteiger partial charge in [-0.05, 0) is 31.5 Å². The van der Waals surface area contributed by atoms with E-state index in [0.29, 0.717) is 5.56 Å². The summed E-state index contributed by atoms with van der Waals surface area (Å²) in [5.74, 6) is -8.04. The van der Waals surface area contributed by atoms with E-state index < -0.39 is 46.2 Å². The minimum absolute atomic E-state index is 0.0664. The lowest BCUT2D eigenvalue weighted by Gasteiger charge is -2.07. The fourth-order valence-electron chi connectivity index (χ4n) is 2.49. The van der Waals surface area contributed by atoms with Crippen LogP contribution in [0.15, 0.2) is 12.1 Å². The number of rotatable bonds is 2. The fourth-order valence-corrected chi connectivity index (χ4v) is 2.49. The molecule has 0 bridgehead atoms. The molecule has 1 aromatic heterocycles. The molecule has 124 valence electrons. The second-order valence-electron chi connectivity index (χ2n) is 5.36. The van der Waals surface area contributed by atoms with Crippen LogP contribution >= 0.6 is 0 Å². The highest BCUT2D eigenvalue weighted by Crippen LogP contribution is 2.32. The summed E-state index contributed by atoms with van der Waals surface area (Å²) in [6.07, 6.45) is 0. The third kappa shape index (κ3) is 2.22. The first-order valence-electron chi connectivity index (χ1n) is 6.79. The lowest BCUT2D eigenvalue weighted by atomic mass is 10.1. The number of fused-ring (bicyclic) bond motifs is 1. The maximum Gasteiger partial charge on any atom is 0.337 e. The number of carboxylic acid groups (broad SMARTS) is 1. The summed E-state index contributed by atoms with van der Waals surface area (Å²) >= 11 is 0. The molecular formula is C16H10F4N2O2. The number of nitrogens with one attached hydrogen (secondary N) is 1. The number of hydrogen-bond acceptors (Lipinski definition) is 2. The molecule has 0 aliphatic carbocycles. The van der Waals surface area contributed by atoms with E-state index in [1.54, 1.807) is 6.92 Å². The van der Waals surface area contributed by atoms with E-state index in [9.17, 15) is 27.5 Å². The topological polar surface area (TPSA) is 66.0 Å². The molecule has 0 unspecified atom stereocenters. The Morgan fingerprint density at radius 2 is 1.62 bits per heavy atom. The van der Waals surface area contributed by atoms with Crippen LogP contribution in [-0.4, -0.2) is 21.0 Å². The summed E-state index contributed by atoms with van der Waals surface area (Å²) in [5, 5.41) is 9.20. The van der Waals surface area contributed by atoms with Gasteiger partial charge in [0.25, 0.3) is 0 Å². The summed E-state index contributed by atoms with van der Waals surface area (Å²) in [5.41, 5.74) is -1.31. The predicted molar refractivity (Wildman–Crippen MR) is 77.8 cm³/mol. The predicted octanol–water partition coefficient (Wildman–Crippen LogP) is 4.10. The lowest BCUT2D eigenvalue weighted by Crippen LogP contribution is -2.04. The summed E-state index contributed by atoms with van der Waals surface area (Å²) in [4.78, 5) is 17.6. The Morgan fingerprint density at radius 1 is 1.04 bits per heavy atom. The molecule has 0 spiro atoms. The van der Waals surface area contributed by atoms with Gasteiger partial charge in [0.2, 0.25) is 0 Å². The van der Waals surface area contributed by atoms with Crippen LogP contribution in [0, 0.1) is 37.1 Å². The first-order valence-corrected chi connectivity index (χ1v) is 6.79. The average molecular weight is 338 g/mol. The smallest absolute Gasteiger partial charge is 0.337 e. The maximum absolute atomic E-state index is 14.1. The number of benzene rings is 2. The maximum atomic E-state index is 14.1. The van der Waals surface area contributed by atoms with Crippen molar-refractivity contribution >= 4 is 17.0 Å². The van der Waals surface area contributed by atoms with E-state index in [1.165, 1.54) is 12.1 Å². The zero-order chi connectivity index (χ0) is 17.8. The van der Waals surface area contributed by atoms with Crippen molar-refractivity contribution in [3.05, 3.63) is 52.1 Å². The number of imidazole rings is 1. The number of H-pyrrole nitrogens is 1. The molecule has 0 radical (unpaired) electrons. The number of carboxylic acids is 1. The van der Waals surface area contributed by atoms with Gasteiger partial charge in [-0.2, -0.15) is 0 Å². The van der Waals surface area contributed by atoms with Crippen LogP contribution in [0.4, 0.5) is 17.6 Å². The molecule has 0 atom stereocenters. The third-order valence-electron chi connectivity index (χ3n) is 3.68. The van der Waals surface area contributed by atoms with Crippen molar-refractivity contribution in [3.8, 4) is 11.4 Å². The first-order chi connectivity index (χ1) is 11.2. The zero-order valence-corrected chi connectivity index (χ0v) is 12.5. The molecule has 0 saturated carbocycles. The molecule has 0 amide bonds. The standard InChI is InChI=1S/C16H10F4N2O2/c1-5-3-7(16(23)24)14-8(4-5)21-15(22-14)9-12(19)10(17)6(2)11(18)13(9)20/h3-4H,1-2H3,(H,21,22)(H,23,24). The molecule has 3 aromatic rings. The fraction of sp³-hybridized carbons (Fsp3) is 0.125. The molecule has 0 aliphatic rings. The summed E-state index contributed by atoms with van der Waals surface area (Å²) in [7, 11) is 0. The van der Waals surface area contributed by atoms with Gasteiger partial charge in [-0.3, -0.25) is 0 Å². The Labute approximate surface area is 132 Å². The van der Waals surface area contributed by atoms with Crippen molar-refractivity contribution in [1.82, 2.24) is 9.97 Å². The normalized spacial score (nSPS) is 11.2. The van der Waals surface area contributed by atoms with E-state index in [1.807, 2.05) is 0 Å². The van der Waals surface area contributed by atoms with E-state index >= 15 is 0 Å². The summed E-state index contributed by atoms with van der Waals surface area (Å²) in [6, 6.07) is 2.84. The highest BCUT2D eigenvalue weighted by molar-refractivity contribution is 6.02. The molecule has 0 fully saturated rings. The Kier molecular flexibility index (Phi) is 3.55. The van der Waals surface area contributed by atoms with Gasteiger partial charge >= 0.3 is 5.97 Å². The minimum atomic E-state index is -1.60. The van der Waals surface area contributed by atoms with Crippen LogP contribution in [0.1, 0.15) is 21.5 Å². The van der Waals surface area contributed by atoms with Gasteiger partial charge in [-0.1, -0.05) is 0 Å². The van der Waals surface area contributed by atoms with Gasteiger partial charge < -0.3 is 10.1 Å². The number of aromatic carboxylic acids is 1. The van der Waals surface area contributed by atoms with Crippen LogP contribution in [0.2, 0.25) is 0 Å². The second-order valence-corrected chi connectivity index (χ2v) is 5.36. The zero-order valence-electron chi connectivity index (χ0n) is 12.5. The molecule has 0 saturated heterocycles. The molecule has 8 heteroatoms. The van der Waals surface area contributed by atoms with Crippen molar-refractivity contribution in [3.63, 3.8) is 0 Å².